The molecule has 6 heteroatoms. The zero-order valence-corrected chi connectivity index (χ0v) is 9.77. The van der Waals surface area contributed by atoms with E-state index in [4.69, 9.17) is 5.73 Å². The molecule has 1 aromatic carbocycles. The molecular weight excluding hydrogens is 222 g/mol. The number of nitrogens with zero attached hydrogens (tertiary/aromatic N) is 1. The van der Waals surface area contributed by atoms with Crippen LogP contribution < -0.4 is 11.1 Å². The highest BCUT2D eigenvalue weighted by Crippen LogP contribution is 2.16. The molecule has 1 atom stereocenters. The maximum atomic E-state index is 11.7. The van der Waals surface area contributed by atoms with E-state index in [9.17, 15) is 14.9 Å². The number of carbonyl (C=O) groups excluding carboxylic acids is 1. The zero-order valence-electron chi connectivity index (χ0n) is 9.77. The molecule has 0 aliphatic carbocycles. The van der Waals surface area contributed by atoms with E-state index in [1.807, 2.05) is 0 Å². The SMILES string of the molecule is Cc1cc(C(=O)NCC(C)N)cc([N+](=O)[O-])c1. The Morgan fingerprint density at radius 3 is 2.71 bits per heavy atom. The monoisotopic (exact) mass is 237 g/mol. The van der Waals surface area contributed by atoms with Crippen LogP contribution in [0.4, 0.5) is 5.69 Å². The van der Waals surface area contributed by atoms with Gasteiger partial charge in [-0.3, -0.25) is 14.9 Å². The summed E-state index contributed by atoms with van der Waals surface area (Å²) in [5.74, 6) is -0.353. The van der Waals surface area contributed by atoms with Crippen LogP contribution in [-0.4, -0.2) is 23.4 Å². The van der Waals surface area contributed by atoms with Crippen LogP contribution in [0.2, 0.25) is 0 Å². The number of hydrogen-bond donors (Lipinski definition) is 2. The smallest absolute Gasteiger partial charge is 0.270 e. The number of amides is 1. The molecule has 0 bridgehead atoms. The number of benzene rings is 1. The molecule has 92 valence electrons. The Kier molecular flexibility index (Phi) is 4.17. The molecule has 17 heavy (non-hydrogen) atoms. The van der Waals surface area contributed by atoms with Crippen molar-refractivity contribution >= 4 is 11.6 Å². The van der Waals surface area contributed by atoms with Crippen molar-refractivity contribution in [2.24, 2.45) is 5.73 Å². The van der Waals surface area contributed by atoms with Crippen molar-refractivity contribution in [1.29, 1.82) is 0 Å². The highest BCUT2D eigenvalue weighted by molar-refractivity contribution is 5.95. The first-order valence-corrected chi connectivity index (χ1v) is 5.20. The third-order valence-corrected chi connectivity index (χ3v) is 2.12. The normalized spacial score (nSPS) is 11.9. The highest BCUT2D eigenvalue weighted by Gasteiger charge is 2.13. The summed E-state index contributed by atoms with van der Waals surface area (Å²) in [7, 11) is 0. The number of hydrogen-bond acceptors (Lipinski definition) is 4. The van der Waals surface area contributed by atoms with Gasteiger partial charge in [0, 0.05) is 30.3 Å². The van der Waals surface area contributed by atoms with Crippen LogP contribution in [0.25, 0.3) is 0 Å². The lowest BCUT2D eigenvalue weighted by Crippen LogP contribution is -2.35. The summed E-state index contributed by atoms with van der Waals surface area (Å²) in [6, 6.07) is 4.12. The zero-order chi connectivity index (χ0) is 13.0. The molecule has 0 aliphatic heterocycles. The second-order valence-electron chi connectivity index (χ2n) is 4.00. The molecule has 0 radical (unpaired) electrons. The van der Waals surface area contributed by atoms with Gasteiger partial charge in [-0.1, -0.05) is 0 Å². The third-order valence-electron chi connectivity index (χ3n) is 2.12. The van der Waals surface area contributed by atoms with Gasteiger partial charge in [-0.15, -0.1) is 0 Å². The molecule has 1 amide bonds. The second-order valence-corrected chi connectivity index (χ2v) is 4.00. The lowest BCUT2D eigenvalue weighted by Gasteiger charge is -2.08. The van der Waals surface area contributed by atoms with E-state index in [1.54, 1.807) is 19.9 Å². The molecule has 1 aromatic rings. The minimum Gasteiger partial charge on any atom is -0.350 e. The van der Waals surface area contributed by atoms with Crippen LogP contribution in [0.1, 0.15) is 22.8 Å². The van der Waals surface area contributed by atoms with Gasteiger partial charge < -0.3 is 11.1 Å². The molecular formula is C11H15N3O3. The molecule has 0 spiro atoms. The van der Waals surface area contributed by atoms with E-state index < -0.39 is 4.92 Å². The van der Waals surface area contributed by atoms with E-state index in [-0.39, 0.29) is 23.2 Å². The minimum atomic E-state index is -0.519. The topological polar surface area (TPSA) is 98.3 Å². The summed E-state index contributed by atoms with van der Waals surface area (Å²) in [5, 5.41) is 13.3. The summed E-state index contributed by atoms with van der Waals surface area (Å²) < 4.78 is 0. The Balaban J connectivity index is 2.90. The van der Waals surface area contributed by atoms with Crippen LogP contribution in [-0.2, 0) is 0 Å². The van der Waals surface area contributed by atoms with Gasteiger partial charge in [-0.25, -0.2) is 0 Å². The molecule has 3 N–H and O–H groups in total. The van der Waals surface area contributed by atoms with Crippen molar-refractivity contribution < 1.29 is 9.72 Å². The first-order valence-electron chi connectivity index (χ1n) is 5.20. The van der Waals surface area contributed by atoms with Crippen LogP contribution in [0.5, 0.6) is 0 Å². The van der Waals surface area contributed by atoms with Gasteiger partial charge >= 0.3 is 0 Å². The summed E-state index contributed by atoms with van der Waals surface area (Å²) in [6.07, 6.45) is 0. The average Bonchev–Trinajstić information content (AvgIpc) is 2.24. The van der Waals surface area contributed by atoms with Crippen molar-refractivity contribution in [3.05, 3.63) is 39.4 Å². The summed E-state index contributed by atoms with van der Waals surface area (Å²) >= 11 is 0. The minimum absolute atomic E-state index is 0.0871. The summed E-state index contributed by atoms with van der Waals surface area (Å²) in [6.45, 7) is 3.80. The van der Waals surface area contributed by atoms with Gasteiger partial charge in [0.05, 0.1) is 4.92 Å². The Morgan fingerprint density at radius 2 is 2.18 bits per heavy atom. The lowest BCUT2D eigenvalue weighted by molar-refractivity contribution is -0.384. The highest BCUT2D eigenvalue weighted by atomic mass is 16.6. The van der Waals surface area contributed by atoms with Crippen molar-refractivity contribution in [2.45, 2.75) is 19.9 Å². The number of nitrogens with two attached hydrogens (primary N) is 1. The van der Waals surface area contributed by atoms with E-state index >= 15 is 0 Å². The molecule has 0 saturated carbocycles. The Labute approximate surface area is 99.0 Å². The maximum Gasteiger partial charge on any atom is 0.270 e. The van der Waals surface area contributed by atoms with E-state index in [0.29, 0.717) is 12.1 Å². The molecule has 6 nitrogen and oxygen atoms in total. The quantitative estimate of drug-likeness (QED) is 0.602. The van der Waals surface area contributed by atoms with Crippen molar-refractivity contribution in [2.75, 3.05) is 6.54 Å². The van der Waals surface area contributed by atoms with Crippen LogP contribution >= 0.6 is 0 Å². The fourth-order valence-corrected chi connectivity index (χ4v) is 1.36. The Morgan fingerprint density at radius 1 is 1.53 bits per heavy atom. The molecule has 0 aliphatic rings. The number of carbonyl (C=O) groups is 1. The van der Waals surface area contributed by atoms with Gasteiger partial charge in [0.2, 0.25) is 0 Å². The lowest BCUT2D eigenvalue weighted by atomic mass is 10.1. The first kappa shape index (κ1) is 13.1. The fourth-order valence-electron chi connectivity index (χ4n) is 1.36. The summed E-state index contributed by atoms with van der Waals surface area (Å²) in [4.78, 5) is 21.8. The Hall–Kier alpha value is -1.95. The predicted molar refractivity (Wildman–Crippen MR) is 63.8 cm³/mol. The van der Waals surface area contributed by atoms with E-state index in [0.717, 1.165) is 0 Å². The molecule has 1 rings (SSSR count). The van der Waals surface area contributed by atoms with Gasteiger partial charge in [-0.05, 0) is 25.5 Å². The number of rotatable bonds is 4. The number of non-ortho nitro benzene ring substituents is 1. The van der Waals surface area contributed by atoms with E-state index in [1.165, 1.54) is 12.1 Å². The van der Waals surface area contributed by atoms with Crippen molar-refractivity contribution in [3.63, 3.8) is 0 Å². The van der Waals surface area contributed by atoms with Gasteiger partial charge in [0.1, 0.15) is 0 Å². The second kappa shape index (κ2) is 5.40. The van der Waals surface area contributed by atoms with Crippen LogP contribution in [0.15, 0.2) is 18.2 Å². The van der Waals surface area contributed by atoms with Gasteiger partial charge in [-0.2, -0.15) is 0 Å². The standard InChI is InChI=1S/C11H15N3O3/c1-7-3-9(5-10(4-7)14(16)17)11(15)13-6-8(2)12/h3-5,8H,6,12H2,1-2H3,(H,13,15). The summed E-state index contributed by atoms with van der Waals surface area (Å²) in [5.41, 5.74) is 6.36. The van der Waals surface area contributed by atoms with Crippen molar-refractivity contribution in [3.8, 4) is 0 Å². The van der Waals surface area contributed by atoms with Gasteiger partial charge in [0.15, 0.2) is 0 Å². The number of nitro benzene ring substituents is 1. The number of nitro groups is 1. The third kappa shape index (κ3) is 3.84. The Bertz CT molecular complexity index is 444. The van der Waals surface area contributed by atoms with Gasteiger partial charge in [0.25, 0.3) is 11.6 Å². The van der Waals surface area contributed by atoms with Crippen LogP contribution in [0, 0.1) is 17.0 Å². The van der Waals surface area contributed by atoms with Crippen LogP contribution in [0.3, 0.4) is 0 Å². The first-order chi connectivity index (χ1) is 7.90. The molecule has 0 saturated heterocycles. The predicted octanol–water partition coefficient (Wildman–Crippen LogP) is 0.980. The number of aryl methyl sites for hydroxylation is 1. The molecule has 0 fully saturated rings. The molecule has 0 aromatic heterocycles. The van der Waals surface area contributed by atoms with Crippen molar-refractivity contribution in [1.82, 2.24) is 5.32 Å². The average molecular weight is 237 g/mol. The fraction of sp³-hybridized carbons (Fsp3) is 0.364. The number of nitrogens with one attached hydrogen (secondary N) is 1. The largest absolute Gasteiger partial charge is 0.350 e. The maximum absolute atomic E-state index is 11.7. The molecule has 1 unspecified atom stereocenters. The molecule has 0 heterocycles. The van der Waals surface area contributed by atoms with E-state index in [2.05, 4.69) is 5.32 Å².